The van der Waals surface area contributed by atoms with Crippen LogP contribution < -0.4 is 5.32 Å². The molecular weight excluding hydrogens is 361 g/mol. The summed E-state index contributed by atoms with van der Waals surface area (Å²) in [6, 6.07) is 9.35. The van der Waals surface area contributed by atoms with Gasteiger partial charge < -0.3 is 10.1 Å². The third-order valence-corrected chi connectivity index (χ3v) is 3.95. The number of hydrogen-bond donors (Lipinski definition) is 1. The molecule has 0 saturated carbocycles. The number of hydrogen-bond acceptors (Lipinski definition) is 5. The second-order valence-corrected chi connectivity index (χ2v) is 7.40. The number of carbonyl (C=O) groups is 1. The Bertz CT molecular complexity index is 729. The largest absolute Gasteiger partial charge is 0.462 e. The molecule has 0 atom stereocenters. The topological polar surface area (TPSA) is 64.1 Å². The molecule has 2 aromatic rings. The van der Waals surface area contributed by atoms with Crippen molar-refractivity contribution < 1.29 is 9.53 Å². The van der Waals surface area contributed by atoms with E-state index in [0.29, 0.717) is 28.4 Å². The van der Waals surface area contributed by atoms with Gasteiger partial charge in [-0.1, -0.05) is 35.3 Å². The van der Waals surface area contributed by atoms with Gasteiger partial charge in [-0.05, 0) is 39.0 Å². The zero-order chi connectivity index (χ0) is 18.4. The minimum atomic E-state index is -0.318. The van der Waals surface area contributed by atoms with Crippen LogP contribution >= 0.6 is 23.2 Å². The van der Waals surface area contributed by atoms with Crippen LogP contribution in [0.25, 0.3) is 11.4 Å². The summed E-state index contributed by atoms with van der Waals surface area (Å²) in [6.07, 6.45) is 0. The molecule has 0 spiro atoms. The Labute approximate surface area is 157 Å². The highest BCUT2D eigenvalue weighted by Crippen LogP contribution is 2.28. The monoisotopic (exact) mass is 381 g/mol. The van der Waals surface area contributed by atoms with E-state index >= 15 is 0 Å². The van der Waals surface area contributed by atoms with Crippen LogP contribution in [-0.4, -0.2) is 35.1 Å². The molecule has 1 aliphatic heterocycles. The van der Waals surface area contributed by atoms with Crippen molar-refractivity contribution in [2.45, 2.75) is 32.3 Å². The van der Waals surface area contributed by atoms with Crippen molar-refractivity contribution in [2.24, 2.45) is 0 Å². The number of halogens is 2. The van der Waals surface area contributed by atoms with Crippen LogP contribution in [0.3, 0.4) is 0 Å². The number of aromatic nitrogens is 2. The lowest BCUT2D eigenvalue weighted by molar-refractivity contribution is -0.138. The van der Waals surface area contributed by atoms with Crippen molar-refractivity contribution in [2.75, 3.05) is 13.1 Å². The third-order valence-electron chi connectivity index (χ3n) is 3.43. The average Bonchev–Trinajstić information content (AvgIpc) is 2.44. The van der Waals surface area contributed by atoms with Crippen molar-refractivity contribution in [3.8, 4) is 11.4 Å². The van der Waals surface area contributed by atoms with Gasteiger partial charge in [0.15, 0.2) is 5.82 Å². The minimum absolute atomic E-state index is 0.318. The van der Waals surface area contributed by atoms with Gasteiger partial charge in [-0.15, -0.1) is 0 Å². The van der Waals surface area contributed by atoms with Crippen LogP contribution in [0.2, 0.25) is 10.2 Å². The summed E-state index contributed by atoms with van der Waals surface area (Å²) in [7, 11) is 0. The Balaban J connectivity index is 0.000000277. The van der Waals surface area contributed by atoms with E-state index in [4.69, 9.17) is 23.2 Å². The van der Waals surface area contributed by atoms with Crippen LogP contribution in [0.15, 0.2) is 30.3 Å². The first-order chi connectivity index (χ1) is 11.8. The maximum absolute atomic E-state index is 9.60. The van der Waals surface area contributed by atoms with Gasteiger partial charge >= 0.3 is 0 Å². The lowest BCUT2D eigenvalue weighted by atomic mass is 9.99. The Morgan fingerprint density at radius 3 is 2.36 bits per heavy atom. The molecule has 7 heteroatoms. The molecule has 1 N–H and O–H groups in total. The van der Waals surface area contributed by atoms with E-state index < -0.39 is 0 Å². The molecule has 1 aromatic heterocycles. The highest BCUT2D eigenvalue weighted by molar-refractivity contribution is 6.33. The number of ether oxygens (including phenoxy) is 1. The zero-order valence-electron chi connectivity index (χ0n) is 14.4. The Morgan fingerprint density at radius 2 is 1.88 bits per heavy atom. The number of carbonyl (C=O) groups excluding carboxylic acids is 1. The van der Waals surface area contributed by atoms with Crippen LogP contribution in [-0.2, 0) is 9.53 Å². The predicted octanol–water partition coefficient (Wildman–Crippen LogP) is 4.10. The quantitative estimate of drug-likeness (QED) is 0.640. The van der Waals surface area contributed by atoms with Crippen molar-refractivity contribution in [1.29, 1.82) is 0 Å². The van der Waals surface area contributed by atoms with Crippen molar-refractivity contribution in [3.63, 3.8) is 0 Å². The molecule has 1 fully saturated rings. The molecule has 0 amide bonds. The van der Waals surface area contributed by atoms with E-state index in [2.05, 4.69) is 20.0 Å². The second kappa shape index (κ2) is 8.61. The smallest absolute Gasteiger partial charge is 0.293 e. The third kappa shape index (κ3) is 5.96. The summed E-state index contributed by atoms with van der Waals surface area (Å²) in [6.45, 7) is 7.80. The molecule has 25 heavy (non-hydrogen) atoms. The first kappa shape index (κ1) is 19.6. The molecule has 1 aliphatic rings. The fourth-order valence-electron chi connectivity index (χ4n) is 2.05. The van der Waals surface area contributed by atoms with E-state index in [1.807, 2.05) is 51.1 Å². The SMILES string of the molecule is CC(C)(C)OC=O.Clc1cc(C2CNC2)nc(-c2ccccc2Cl)n1. The maximum Gasteiger partial charge on any atom is 0.293 e. The lowest BCUT2D eigenvalue weighted by Gasteiger charge is -2.26. The van der Waals surface area contributed by atoms with E-state index in [0.717, 1.165) is 24.3 Å². The van der Waals surface area contributed by atoms with Crippen molar-refractivity contribution in [1.82, 2.24) is 15.3 Å². The summed E-state index contributed by atoms with van der Waals surface area (Å²) < 4.78 is 4.55. The Hall–Kier alpha value is -1.69. The van der Waals surface area contributed by atoms with Crippen molar-refractivity contribution in [3.05, 3.63) is 46.2 Å². The number of nitrogens with one attached hydrogen (secondary N) is 1. The van der Waals surface area contributed by atoms with Gasteiger partial charge in [0.05, 0.1) is 10.7 Å². The molecule has 134 valence electrons. The van der Waals surface area contributed by atoms with Crippen LogP contribution in [0.5, 0.6) is 0 Å². The molecule has 0 aliphatic carbocycles. The fourth-order valence-corrected chi connectivity index (χ4v) is 2.46. The summed E-state index contributed by atoms with van der Waals surface area (Å²) in [4.78, 5) is 18.4. The molecule has 3 rings (SSSR count). The van der Waals surface area contributed by atoms with Gasteiger partial charge in [-0.3, -0.25) is 4.79 Å². The highest BCUT2D eigenvalue weighted by Gasteiger charge is 2.22. The number of nitrogens with zero attached hydrogens (tertiary/aromatic N) is 2. The molecule has 0 unspecified atom stereocenters. The predicted molar refractivity (Wildman–Crippen MR) is 100 cm³/mol. The number of benzene rings is 1. The molecular formula is C18H21Cl2N3O2. The summed E-state index contributed by atoms with van der Waals surface area (Å²) in [5.41, 5.74) is 1.47. The molecule has 1 saturated heterocycles. The van der Waals surface area contributed by atoms with E-state index in [-0.39, 0.29) is 5.60 Å². The summed E-state index contributed by atoms with van der Waals surface area (Å²) >= 11 is 12.2. The fraction of sp³-hybridized carbons (Fsp3) is 0.389. The number of rotatable bonds is 3. The molecule has 0 bridgehead atoms. The second-order valence-electron chi connectivity index (χ2n) is 6.60. The minimum Gasteiger partial charge on any atom is -0.462 e. The van der Waals surface area contributed by atoms with Gasteiger partial charge in [0.1, 0.15) is 10.8 Å². The standard InChI is InChI=1S/C13H11Cl2N3.C5H10O2/c14-10-4-2-1-3-9(10)13-17-11(5-12(15)18-13)8-6-16-7-8;1-5(2,3)7-4-6/h1-5,8,16H,6-7H2;4H,1-3H3. The van der Waals surface area contributed by atoms with Crippen molar-refractivity contribution >= 4 is 29.7 Å². The zero-order valence-corrected chi connectivity index (χ0v) is 15.9. The summed E-state index contributed by atoms with van der Waals surface area (Å²) in [5.74, 6) is 1.02. The van der Waals surface area contributed by atoms with Crippen LogP contribution in [0.1, 0.15) is 32.4 Å². The lowest BCUT2D eigenvalue weighted by Crippen LogP contribution is -2.40. The summed E-state index contributed by atoms with van der Waals surface area (Å²) in [5, 5.41) is 4.32. The first-order valence-electron chi connectivity index (χ1n) is 7.91. The van der Waals surface area contributed by atoms with Gasteiger partial charge in [-0.2, -0.15) is 0 Å². The van der Waals surface area contributed by atoms with E-state index in [1.54, 1.807) is 0 Å². The van der Waals surface area contributed by atoms with Crippen LogP contribution in [0, 0.1) is 0 Å². The normalized spacial score (nSPS) is 14.1. The van der Waals surface area contributed by atoms with Crippen LogP contribution in [0.4, 0.5) is 0 Å². The van der Waals surface area contributed by atoms with E-state index in [1.165, 1.54) is 0 Å². The highest BCUT2D eigenvalue weighted by atomic mass is 35.5. The average molecular weight is 382 g/mol. The Kier molecular flexibility index (Phi) is 6.76. The molecule has 1 aromatic carbocycles. The molecule has 0 radical (unpaired) electrons. The van der Waals surface area contributed by atoms with Gasteiger partial charge in [0, 0.05) is 24.6 Å². The van der Waals surface area contributed by atoms with Gasteiger partial charge in [-0.25, -0.2) is 9.97 Å². The first-order valence-corrected chi connectivity index (χ1v) is 8.67. The van der Waals surface area contributed by atoms with E-state index in [9.17, 15) is 4.79 Å². The maximum atomic E-state index is 9.60. The van der Waals surface area contributed by atoms with Gasteiger partial charge in [0.2, 0.25) is 0 Å². The van der Waals surface area contributed by atoms with Gasteiger partial charge in [0.25, 0.3) is 6.47 Å². The Morgan fingerprint density at radius 1 is 1.20 bits per heavy atom. The molecule has 2 heterocycles. The molecule has 5 nitrogen and oxygen atoms in total.